The molecule has 72 heavy (non-hydrogen) atoms. The van der Waals surface area contributed by atoms with Crippen molar-refractivity contribution in [2.75, 3.05) is 85.9 Å². The van der Waals surface area contributed by atoms with Crippen LogP contribution in [0.25, 0.3) is 0 Å². The molecule has 4 aliphatic heterocycles. The van der Waals surface area contributed by atoms with Gasteiger partial charge in [-0.25, -0.2) is 9.59 Å². The van der Waals surface area contributed by atoms with Crippen LogP contribution in [0.15, 0.2) is 48.1 Å². The van der Waals surface area contributed by atoms with Crippen LogP contribution in [0, 0.1) is 5.92 Å². The number of carbonyl (C=O) groups is 7. The number of allylic oxidation sites excluding steroid dienone is 3. The van der Waals surface area contributed by atoms with E-state index in [9.17, 15) is 38.7 Å². The van der Waals surface area contributed by atoms with Crippen molar-refractivity contribution in [3.8, 4) is 5.75 Å². The van der Waals surface area contributed by atoms with Gasteiger partial charge in [0.1, 0.15) is 40.7 Å². The standard InChI is InChI=1S/C50H70ClN5O16/c1-31-12-11-13-38(66-8)50(64)30-37(70-48(63)53-50)32(2)46-49(4,72-46)39(29-44(61)55(6)35-27-34(26-31)28-36(65-7)45(35)51)71-47(62)33(3)54(5)41(58)15-10-9-14-40(57)52-18-20-67-22-24-69-25-23-68-21-19-56-42(59)16-17-43(56)60/h11-13,16-17,27-28,32-33,37-39,46,64H,9-10,14-15,18-26,29-30H2,1-8H3,(H,52,57)(H,53,63)/b13-11+,31-12+/t32-,33+,37?,38-,39+,46?,49?,50+/m1/s1. The first-order valence-electron chi connectivity index (χ1n) is 24.1. The molecule has 2 fully saturated rings. The third-order valence-corrected chi connectivity index (χ3v) is 13.6. The first kappa shape index (κ1) is 57.5. The number of anilines is 1. The summed E-state index contributed by atoms with van der Waals surface area (Å²) in [4.78, 5) is 93.8. The molecular formula is C50H70ClN5O16. The van der Waals surface area contributed by atoms with Crippen LogP contribution in [0.5, 0.6) is 5.75 Å². The zero-order chi connectivity index (χ0) is 52.8. The maximum atomic E-state index is 14.3. The number of amides is 6. The number of alkyl carbamates (subject to hydrolysis) is 1. The van der Waals surface area contributed by atoms with E-state index in [4.69, 9.17) is 49.5 Å². The van der Waals surface area contributed by atoms with E-state index in [2.05, 4.69) is 10.6 Å². The molecule has 6 amide bonds. The van der Waals surface area contributed by atoms with Crippen LogP contribution in [0.2, 0.25) is 5.02 Å². The number of nitrogens with zero attached hydrogens (tertiary/aromatic N) is 3. The van der Waals surface area contributed by atoms with E-state index >= 15 is 0 Å². The van der Waals surface area contributed by atoms with E-state index < -0.39 is 65.7 Å². The van der Waals surface area contributed by atoms with Crippen molar-refractivity contribution in [2.45, 2.75) is 114 Å². The van der Waals surface area contributed by atoms with Crippen LogP contribution in [-0.2, 0) is 68.3 Å². The Morgan fingerprint density at radius 1 is 1.00 bits per heavy atom. The summed E-state index contributed by atoms with van der Waals surface area (Å²) in [5.41, 5.74) is -1.11. The Hall–Kier alpha value is -5.42. The smallest absolute Gasteiger partial charge is 0.409 e. The predicted octanol–water partition coefficient (Wildman–Crippen LogP) is 3.17. The molecule has 4 aliphatic rings. The molecule has 1 aromatic rings. The summed E-state index contributed by atoms with van der Waals surface area (Å²) in [6, 6.07) is 2.46. The molecule has 0 spiro atoms. The molecule has 0 aromatic heterocycles. The van der Waals surface area contributed by atoms with Crippen molar-refractivity contribution in [3.63, 3.8) is 0 Å². The lowest BCUT2D eigenvalue weighted by atomic mass is 9.83. The summed E-state index contributed by atoms with van der Waals surface area (Å²) >= 11 is 6.80. The van der Waals surface area contributed by atoms with Gasteiger partial charge >= 0.3 is 12.1 Å². The molecule has 4 heterocycles. The van der Waals surface area contributed by atoms with Crippen LogP contribution in [0.1, 0.15) is 71.8 Å². The van der Waals surface area contributed by atoms with Gasteiger partial charge in [-0.15, -0.1) is 0 Å². The number of epoxide rings is 1. The van der Waals surface area contributed by atoms with Crippen molar-refractivity contribution in [2.24, 2.45) is 5.92 Å². The Morgan fingerprint density at radius 2 is 1.65 bits per heavy atom. The second kappa shape index (κ2) is 26.5. The Balaban J connectivity index is 1.13. The Morgan fingerprint density at radius 3 is 2.32 bits per heavy atom. The minimum Gasteiger partial charge on any atom is -0.495 e. The summed E-state index contributed by atoms with van der Waals surface area (Å²) in [5.74, 6) is -2.78. The number of aliphatic hydroxyl groups is 1. The summed E-state index contributed by atoms with van der Waals surface area (Å²) < 4.78 is 45.7. The molecule has 1 aromatic carbocycles. The summed E-state index contributed by atoms with van der Waals surface area (Å²) in [6.07, 6.45) is 3.98. The number of carbonyl (C=O) groups excluding carboxylic acids is 7. The van der Waals surface area contributed by atoms with E-state index in [1.165, 1.54) is 50.1 Å². The number of unbranched alkanes of at least 4 members (excludes halogenated alkanes) is 1. The van der Waals surface area contributed by atoms with Gasteiger partial charge in [-0.1, -0.05) is 42.3 Å². The molecule has 2 saturated heterocycles. The molecule has 0 radical (unpaired) electrons. The third kappa shape index (κ3) is 15.3. The number of hydrogen-bond donors (Lipinski definition) is 3. The number of halogens is 1. The molecule has 22 heteroatoms. The minimum atomic E-state index is -1.87. The van der Waals surface area contributed by atoms with E-state index in [0.29, 0.717) is 57.1 Å². The van der Waals surface area contributed by atoms with Crippen LogP contribution in [0.4, 0.5) is 10.5 Å². The molecule has 3 N–H and O–H groups in total. The van der Waals surface area contributed by atoms with E-state index in [0.717, 1.165) is 16.0 Å². The lowest BCUT2D eigenvalue weighted by Crippen LogP contribution is -2.63. The van der Waals surface area contributed by atoms with Crippen LogP contribution in [0.3, 0.4) is 0 Å². The van der Waals surface area contributed by atoms with Crippen molar-refractivity contribution in [1.29, 1.82) is 0 Å². The molecule has 0 aliphatic carbocycles. The third-order valence-electron chi connectivity index (χ3n) is 13.2. The van der Waals surface area contributed by atoms with Crippen molar-refractivity contribution < 1.29 is 76.6 Å². The molecule has 21 nitrogen and oxygen atoms in total. The van der Waals surface area contributed by atoms with Crippen molar-refractivity contribution >= 4 is 58.9 Å². The molecule has 5 rings (SSSR count). The molecule has 398 valence electrons. The highest BCUT2D eigenvalue weighted by atomic mass is 35.5. The number of ether oxygens (including phenoxy) is 8. The van der Waals surface area contributed by atoms with Crippen molar-refractivity contribution in [1.82, 2.24) is 20.4 Å². The fourth-order valence-electron chi connectivity index (χ4n) is 8.66. The van der Waals surface area contributed by atoms with Crippen LogP contribution >= 0.6 is 11.6 Å². The van der Waals surface area contributed by atoms with Gasteiger partial charge in [-0.05, 0) is 57.7 Å². The predicted molar refractivity (Wildman–Crippen MR) is 261 cm³/mol. The zero-order valence-corrected chi connectivity index (χ0v) is 43.2. The highest BCUT2D eigenvalue weighted by molar-refractivity contribution is 6.35. The molecule has 4 bridgehead atoms. The Labute approximate surface area is 425 Å². The van der Waals surface area contributed by atoms with Crippen LogP contribution in [-0.4, -0.2) is 179 Å². The molecule has 3 unspecified atom stereocenters. The second-order valence-corrected chi connectivity index (χ2v) is 18.8. The topological polar surface area (TPSA) is 251 Å². The summed E-state index contributed by atoms with van der Waals surface area (Å²) in [6.45, 7) is 9.04. The fourth-order valence-corrected chi connectivity index (χ4v) is 8.97. The molecular weight excluding hydrogens is 962 g/mol. The number of likely N-dealkylation sites (N-methyl/N-ethyl adjacent to an activating group) is 1. The number of esters is 1. The normalized spacial score (nSPS) is 27.0. The average molecular weight is 1030 g/mol. The highest BCUT2D eigenvalue weighted by Crippen LogP contribution is 2.49. The largest absolute Gasteiger partial charge is 0.495 e. The highest BCUT2D eigenvalue weighted by Gasteiger charge is 2.64. The first-order valence-corrected chi connectivity index (χ1v) is 24.5. The Bertz CT molecular complexity index is 2210. The number of imide groups is 1. The lowest BCUT2D eigenvalue weighted by molar-refractivity contribution is -0.162. The SMILES string of the molecule is COc1cc2cc(c1Cl)N(C)C(=O)C[C@H](OC(=O)[C@H](C)N(C)C(=O)CCCCC(=O)NCCOCCOCCOCCN1C(=O)C=CC1=O)C1(C)OC1[C@H](C)C1C[C@@](O)(NC(=O)O1)[C@H](OC)/C=C/C=C(\C)C2. The molecule has 8 atom stereocenters. The first-order chi connectivity index (χ1) is 34.2. The van der Waals surface area contributed by atoms with Gasteiger partial charge in [0, 0.05) is 65.1 Å². The summed E-state index contributed by atoms with van der Waals surface area (Å²) in [7, 11) is 5.92. The van der Waals surface area contributed by atoms with E-state index in [-0.39, 0.29) is 80.6 Å². The maximum absolute atomic E-state index is 14.3. The van der Waals surface area contributed by atoms with Gasteiger partial charge in [0.15, 0.2) is 5.72 Å². The number of rotatable bonds is 22. The van der Waals surface area contributed by atoms with Crippen LogP contribution < -0.4 is 20.3 Å². The maximum Gasteiger partial charge on any atom is 0.409 e. The van der Waals surface area contributed by atoms with Gasteiger partial charge in [-0.2, -0.15) is 0 Å². The summed E-state index contributed by atoms with van der Waals surface area (Å²) in [5, 5.41) is 17.3. The van der Waals surface area contributed by atoms with E-state index in [1.807, 2.05) is 13.0 Å². The quantitative estimate of drug-likeness (QED) is 0.0653. The van der Waals surface area contributed by atoms with Gasteiger partial charge in [0.2, 0.25) is 17.7 Å². The number of fused-ring (bicyclic) bond motifs is 5. The van der Waals surface area contributed by atoms with E-state index in [1.54, 1.807) is 45.2 Å². The Kier molecular flexibility index (Phi) is 21.2. The van der Waals surface area contributed by atoms with Gasteiger partial charge in [-0.3, -0.25) is 34.2 Å². The lowest BCUT2D eigenvalue weighted by Gasteiger charge is -2.42. The minimum absolute atomic E-state index is 0.0532. The number of benzene rings is 1. The monoisotopic (exact) mass is 1030 g/mol. The number of methoxy groups -OCH3 is 2. The number of hydrogen-bond acceptors (Lipinski definition) is 16. The van der Waals surface area contributed by atoms with Gasteiger partial charge in [0.05, 0.1) is 71.5 Å². The fraction of sp³-hybridized carbons (Fsp3) is 0.620. The zero-order valence-electron chi connectivity index (χ0n) is 42.4. The average Bonchev–Trinajstić information content (AvgIpc) is 3.94. The second-order valence-electron chi connectivity index (χ2n) is 18.5. The van der Waals surface area contributed by atoms with Crippen molar-refractivity contribution in [3.05, 3.63) is 58.7 Å². The molecule has 0 saturated carbocycles. The number of nitrogens with one attached hydrogen (secondary N) is 2. The van der Waals surface area contributed by atoms with Gasteiger partial charge < -0.3 is 58.1 Å². The van der Waals surface area contributed by atoms with Gasteiger partial charge in [0.25, 0.3) is 11.8 Å².